The maximum absolute atomic E-state index is 11.0. The van der Waals surface area contributed by atoms with Crippen molar-refractivity contribution in [3.8, 4) is 0 Å². The zero-order valence-corrected chi connectivity index (χ0v) is 8.08. The summed E-state index contributed by atoms with van der Waals surface area (Å²) in [6, 6.07) is 5.33. The van der Waals surface area contributed by atoms with E-state index in [1.165, 1.54) is 0 Å². The average Bonchev–Trinajstić information content (AvgIpc) is 2.84. The number of aryl methyl sites for hydroxylation is 1. The molecule has 74 valence electrons. The summed E-state index contributed by atoms with van der Waals surface area (Å²) in [4.78, 5) is 11.0. The Morgan fingerprint density at radius 1 is 1.50 bits per heavy atom. The Morgan fingerprint density at radius 3 is 2.64 bits per heavy atom. The first-order valence-corrected chi connectivity index (χ1v) is 4.66. The number of hydrogen-bond donors (Lipinski definition) is 2. The van der Waals surface area contributed by atoms with Crippen molar-refractivity contribution in [2.24, 2.45) is 5.73 Å². The van der Waals surface area contributed by atoms with Crippen LogP contribution in [0.3, 0.4) is 0 Å². The van der Waals surface area contributed by atoms with Crippen molar-refractivity contribution in [2.75, 3.05) is 0 Å². The lowest BCUT2D eigenvalue weighted by Gasteiger charge is -2.13. The number of rotatable bonds is 2. The summed E-state index contributed by atoms with van der Waals surface area (Å²) >= 11 is 0. The van der Waals surface area contributed by atoms with Crippen molar-refractivity contribution in [3.05, 3.63) is 34.9 Å². The Bertz CT molecular complexity index is 394. The average molecular weight is 191 g/mol. The SMILES string of the molecule is Cc1ccc(C(=O)O)c(C2(N)CC2)c1. The van der Waals surface area contributed by atoms with E-state index in [1.807, 2.05) is 13.0 Å². The van der Waals surface area contributed by atoms with Crippen LogP contribution in [0.5, 0.6) is 0 Å². The Balaban J connectivity index is 2.54. The molecule has 1 aliphatic carbocycles. The zero-order chi connectivity index (χ0) is 10.3. The topological polar surface area (TPSA) is 63.3 Å². The highest BCUT2D eigenvalue weighted by Gasteiger charge is 2.42. The first-order valence-electron chi connectivity index (χ1n) is 4.66. The van der Waals surface area contributed by atoms with Gasteiger partial charge in [0, 0.05) is 5.54 Å². The molecule has 0 radical (unpaired) electrons. The van der Waals surface area contributed by atoms with Crippen molar-refractivity contribution in [1.82, 2.24) is 0 Å². The van der Waals surface area contributed by atoms with E-state index in [9.17, 15) is 4.79 Å². The summed E-state index contributed by atoms with van der Waals surface area (Å²) < 4.78 is 0. The van der Waals surface area contributed by atoms with Crippen molar-refractivity contribution >= 4 is 5.97 Å². The smallest absolute Gasteiger partial charge is 0.336 e. The van der Waals surface area contributed by atoms with Gasteiger partial charge in [0.2, 0.25) is 0 Å². The third kappa shape index (κ3) is 1.40. The van der Waals surface area contributed by atoms with Gasteiger partial charge in [-0.15, -0.1) is 0 Å². The molecular weight excluding hydrogens is 178 g/mol. The number of carboxylic acid groups (broad SMARTS) is 1. The van der Waals surface area contributed by atoms with Gasteiger partial charge in [-0.25, -0.2) is 4.79 Å². The van der Waals surface area contributed by atoms with Crippen LogP contribution in [0, 0.1) is 6.92 Å². The minimum absolute atomic E-state index is 0.343. The molecular formula is C11H13NO2. The molecule has 2 rings (SSSR count). The number of carboxylic acids is 1. The predicted octanol–water partition coefficient (Wildman–Crippen LogP) is 1.64. The molecule has 0 amide bonds. The molecule has 0 heterocycles. The molecule has 1 aromatic rings. The molecule has 0 atom stereocenters. The van der Waals surface area contributed by atoms with Gasteiger partial charge in [-0.1, -0.05) is 17.7 Å². The van der Waals surface area contributed by atoms with Crippen LogP contribution in [0.2, 0.25) is 0 Å². The summed E-state index contributed by atoms with van der Waals surface area (Å²) in [5.74, 6) is -0.892. The second-order valence-electron chi connectivity index (χ2n) is 4.01. The van der Waals surface area contributed by atoms with Crippen molar-refractivity contribution < 1.29 is 9.90 Å². The van der Waals surface area contributed by atoms with E-state index in [-0.39, 0.29) is 5.54 Å². The van der Waals surface area contributed by atoms with Gasteiger partial charge in [-0.2, -0.15) is 0 Å². The fourth-order valence-corrected chi connectivity index (χ4v) is 1.66. The lowest BCUT2D eigenvalue weighted by Crippen LogP contribution is -2.22. The van der Waals surface area contributed by atoms with Crippen molar-refractivity contribution in [3.63, 3.8) is 0 Å². The van der Waals surface area contributed by atoms with E-state index < -0.39 is 5.97 Å². The Morgan fingerprint density at radius 2 is 2.14 bits per heavy atom. The van der Waals surface area contributed by atoms with Crippen LogP contribution in [0.4, 0.5) is 0 Å². The Labute approximate surface area is 82.5 Å². The molecule has 0 bridgehead atoms. The fraction of sp³-hybridized carbons (Fsp3) is 0.364. The van der Waals surface area contributed by atoms with Gasteiger partial charge in [0.1, 0.15) is 0 Å². The predicted molar refractivity (Wildman–Crippen MR) is 53.2 cm³/mol. The molecule has 1 fully saturated rings. The van der Waals surface area contributed by atoms with Crippen LogP contribution in [0.15, 0.2) is 18.2 Å². The highest BCUT2D eigenvalue weighted by molar-refractivity contribution is 5.90. The molecule has 0 aromatic heterocycles. The number of benzene rings is 1. The van der Waals surface area contributed by atoms with Crippen LogP contribution >= 0.6 is 0 Å². The zero-order valence-electron chi connectivity index (χ0n) is 8.08. The maximum Gasteiger partial charge on any atom is 0.336 e. The van der Waals surface area contributed by atoms with E-state index in [0.29, 0.717) is 5.56 Å². The van der Waals surface area contributed by atoms with Gasteiger partial charge >= 0.3 is 5.97 Å². The van der Waals surface area contributed by atoms with Gasteiger partial charge in [-0.05, 0) is 31.4 Å². The quantitative estimate of drug-likeness (QED) is 0.747. The minimum Gasteiger partial charge on any atom is -0.478 e. The third-order valence-corrected chi connectivity index (χ3v) is 2.73. The highest BCUT2D eigenvalue weighted by atomic mass is 16.4. The first-order chi connectivity index (χ1) is 6.53. The number of carbonyl (C=O) groups is 1. The van der Waals surface area contributed by atoms with Gasteiger partial charge in [0.15, 0.2) is 0 Å². The molecule has 0 spiro atoms. The molecule has 0 aliphatic heterocycles. The van der Waals surface area contributed by atoms with Gasteiger partial charge in [0.05, 0.1) is 5.56 Å². The third-order valence-electron chi connectivity index (χ3n) is 2.73. The molecule has 1 aromatic carbocycles. The summed E-state index contributed by atoms with van der Waals surface area (Å²) in [6.45, 7) is 1.95. The van der Waals surface area contributed by atoms with Crippen LogP contribution in [0.25, 0.3) is 0 Å². The van der Waals surface area contributed by atoms with E-state index in [1.54, 1.807) is 12.1 Å². The summed E-state index contributed by atoms with van der Waals surface area (Å²) in [5.41, 5.74) is 7.82. The van der Waals surface area contributed by atoms with E-state index >= 15 is 0 Å². The largest absolute Gasteiger partial charge is 0.478 e. The summed E-state index contributed by atoms with van der Waals surface area (Å²) in [7, 11) is 0. The standard InChI is InChI=1S/C11H13NO2/c1-7-2-3-8(10(13)14)9(6-7)11(12)4-5-11/h2-3,6H,4-5,12H2,1H3,(H,13,14). The Hall–Kier alpha value is -1.35. The lowest BCUT2D eigenvalue weighted by molar-refractivity contribution is 0.0695. The highest BCUT2D eigenvalue weighted by Crippen LogP contribution is 2.44. The van der Waals surface area contributed by atoms with Gasteiger partial charge in [0.25, 0.3) is 0 Å². The number of hydrogen-bond acceptors (Lipinski definition) is 2. The van der Waals surface area contributed by atoms with Crippen LogP contribution in [-0.4, -0.2) is 11.1 Å². The van der Waals surface area contributed by atoms with Crippen LogP contribution < -0.4 is 5.73 Å². The minimum atomic E-state index is -0.892. The van der Waals surface area contributed by atoms with E-state index in [4.69, 9.17) is 10.8 Å². The maximum atomic E-state index is 11.0. The number of aromatic carboxylic acids is 1. The molecule has 1 aliphatic rings. The summed E-state index contributed by atoms with van der Waals surface area (Å²) in [6.07, 6.45) is 1.77. The van der Waals surface area contributed by atoms with E-state index in [0.717, 1.165) is 24.0 Å². The molecule has 3 nitrogen and oxygen atoms in total. The molecule has 3 N–H and O–H groups in total. The van der Waals surface area contributed by atoms with E-state index in [2.05, 4.69) is 0 Å². The summed E-state index contributed by atoms with van der Waals surface area (Å²) in [5, 5.41) is 8.99. The number of nitrogens with two attached hydrogens (primary N) is 1. The first kappa shape index (κ1) is 9.21. The van der Waals surface area contributed by atoms with Crippen molar-refractivity contribution in [2.45, 2.75) is 25.3 Å². The normalized spacial score (nSPS) is 17.9. The Kier molecular flexibility index (Phi) is 1.86. The lowest BCUT2D eigenvalue weighted by atomic mass is 9.97. The van der Waals surface area contributed by atoms with Crippen molar-refractivity contribution in [1.29, 1.82) is 0 Å². The second kappa shape index (κ2) is 2.82. The second-order valence-corrected chi connectivity index (χ2v) is 4.01. The monoisotopic (exact) mass is 191 g/mol. The molecule has 1 saturated carbocycles. The molecule has 0 unspecified atom stereocenters. The van der Waals surface area contributed by atoms with Crippen LogP contribution in [-0.2, 0) is 5.54 Å². The molecule has 14 heavy (non-hydrogen) atoms. The van der Waals surface area contributed by atoms with Crippen LogP contribution in [0.1, 0.15) is 34.3 Å². The fourth-order valence-electron chi connectivity index (χ4n) is 1.66. The molecule has 3 heteroatoms. The molecule has 0 saturated heterocycles. The van der Waals surface area contributed by atoms with Gasteiger partial charge < -0.3 is 10.8 Å². The van der Waals surface area contributed by atoms with Gasteiger partial charge in [-0.3, -0.25) is 0 Å².